The third-order valence-electron chi connectivity index (χ3n) is 4.25. The van der Waals surface area contributed by atoms with E-state index in [1.165, 1.54) is 4.90 Å². The van der Waals surface area contributed by atoms with E-state index >= 15 is 0 Å². The number of hydrogen-bond acceptors (Lipinski definition) is 3. The van der Waals surface area contributed by atoms with Gasteiger partial charge in [-0.25, -0.2) is 0 Å². The molecule has 130 valence electrons. The fraction of sp³-hybridized carbons (Fsp3) is 0.263. The normalized spacial score (nSPS) is 21.0. The monoisotopic (exact) mass is 356 g/mol. The minimum Gasteiger partial charge on any atom is -0.615 e. The van der Waals surface area contributed by atoms with Gasteiger partial charge in [0.25, 0.3) is 5.91 Å². The molecule has 2 aromatic rings. The molecule has 2 amide bonds. The van der Waals surface area contributed by atoms with Crippen LogP contribution in [0.3, 0.4) is 0 Å². The van der Waals surface area contributed by atoms with Gasteiger partial charge in [0.15, 0.2) is 11.9 Å². The maximum atomic E-state index is 12.7. The highest BCUT2D eigenvalue weighted by Gasteiger charge is 2.42. The molecule has 1 heterocycles. The van der Waals surface area contributed by atoms with E-state index in [1.807, 2.05) is 43.3 Å². The van der Waals surface area contributed by atoms with E-state index in [1.54, 1.807) is 24.3 Å². The largest absolute Gasteiger partial charge is 0.615 e. The number of rotatable bonds is 4. The third-order valence-corrected chi connectivity index (χ3v) is 5.50. The van der Waals surface area contributed by atoms with Gasteiger partial charge in [0.1, 0.15) is 5.75 Å². The molecule has 1 aliphatic rings. The highest BCUT2D eigenvalue weighted by atomic mass is 32.2. The van der Waals surface area contributed by atoms with Crippen molar-refractivity contribution in [3.63, 3.8) is 0 Å². The molecule has 5 nitrogen and oxygen atoms in total. The summed E-state index contributed by atoms with van der Waals surface area (Å²) in [6, 6.07) is 17.5. The smallest absolute Gasteiger partial charge is 0.258 e. The molecule has 3 atom stereocenters. The van der Waals surface area contributed by atoms with Gasteiger partial charge in [-0.1, -0.05) is 48.5 Å². The van der Waals surface area contributed by atoms with Crippen molar-refractivity contribution in [2.24, 2.45) is 0 Å². The Bertz CT molecular complexity index is 739. The van der Waals surface area contributed by atoms with Crippen LogP contribution in [-0.2, 0) is 16.0 Å². The molecule has 3 rings (SSSR count). The molecule has 0 aliphatic carbocycles. The Morgan fingerprint density at radius 3 is 2.36 bits per heavy atom. The summed E-state index contributed by atoms with van der Waals surface area (Å²) in [4.78, 5) is 26.8. The van der Waals surface area contributed by atoms with Crippen LogP contribution in [0.2, 0.25) is 0 Å². The Morgan fingerprint density at radius 1 is 1.12 bits per heavy atom. The summed E-state index contributed by atoms with van der Waals surface area (Å²) in [5.74, 6) is -0.275. The first-order chi connectivity index (χ1) is 12.1. The Kier molecular flexibility index (Phi) is 5.40. The number of carbonyl (C=O) groups excluding carboxylic acids is 2. The van der Waals surface area contributed by atoms with Gasteiger partial charge in [-0.05, 0) is 35.8 Å². The minimum absolute atomic E-state index is 0.0888. The van der Waals surface area contributed by atoms with Crippen LogP contribution in [0.1, 0.15) is 28.9 Å². The van der Waals surface area contributed by atoms with Gasteiger partial charge in [0.05, 0.1) is 6.04 Å². The molecular formula is C19H20N2O3S. The molecular weight excluding hydrogens is 336 g/mol. The number of nitrogens with zero attached hydrogens (tertiary/aromatic N) is 1. The lowest BCUT2D eigenvalue weighted by atomic mass is 10.1. The maximum absolute atomic E-state index is 12.7. The number of amides is 2. The number of hydrogen-bond donors (Lipinski definition) is 1. The summed E-state index contributed by atoms with van der Waals surface area (Å²) in [6.07, 6.45) is 0. The lowest BCUT2D eigenvalue weighted by Crippen LogP contribution is -2.47. The molecule has 0 unspecified atom stereocenters. The summed E-state index contributed by atoms with van der Waals surface area (Å²) in [6.45, 7) is 1.89. The molecule has 0 aromatic heterocycles. The van der Waals surface area contributed by atoms with E-state index in [0.717, 1.165) is 5.56 Å². The zero-order valence-corrected chi connectivity index (χ0v) is 14.7. The molecule has 1 N–H and O–H groups in total. The van der Waals surface area contributed by atoms with Gasteiger partial charge in [-0.3, -0.25) is 14.5 Å². The fourth-order valence-electron chi connectivity index (χ4n) is 2.86. The molecule has 1 aliphatic heterocycles. The second-order valence-electron chi connectivity index (χ2n) is 6.03. The second kappa shape index (κ2) is 7.72. The van der Waals surface area contributed by atoms with Crippen molar-refractivity contribution < 1.29 is 14.1 Å². The van der Waals surface area contributed by atoms with Crippen LogP contribution in [0.5, 0.6) is 0 Å². The molecule has 0 spiro atoms. The average Bonchev–Trinajstić information content (AvgIpc) is 3.04. The molecule has 1 saturated heterocycles. The standard InChI is InChI=1S/C19H20N2O3S/c1-14(15-8-4-2-5-9-15)20-18(22)17-12-25(24)13-21(17)19(23)16-10-6-3-7-11-16/h2-11,14,17H,12-13H2,1H3,(H,20,22)/t14-,17+,25+/m1/s1. The van der Waals surface area contributed by atoms with Gasteiger partial charge >= 0.3 is 0 Å². The lowest BCUT2D eigenvalue weighted by molar-refractivity contribution is -0.125. The lowest BCUT2D eigenvalue weighted by Gasteiger charge is -2.22. The SMILES string of the molecule is C[C@@H](NC(=O)[C@@H]1C[S@+]([O-])CN1C(=O)c1ccccc1)c1ccccc1. The van der Waals surface area contributed by atoms with Crippen LogP contribution >= 0.6 is 0 Å². The second-order valence-corrected chi connectivity index (χ2v) is 7.50. The van der Waals surface area contributed by atoms with Gasteiger partial charge in [0.2, 0.25) is 5.91 Å². The Balaban J connectivity index is 1.73. The molecule has 0 radical (unpaired) electrons. The third kappa shape index (κ3) is 4.03. The van der Waals surface area contributed by atoms with E-state index in [0.29, 0.717) is 5.56 Å². The van der Waals surface area contributed by atoms with Crippen LogP contribution in [-0.4, -0.2) is 38.9 Å². The van der Waals surface area contributed by atoms with Crippen molar-refractivity contribution in [1.29, 1.82) is 0 Å². The zero-order chi connectivity index (χ0) is 17.8. The van der Waals surface area contributed by atoms with Crippen molar-refractivity contribution in [2.75, 3.05) is 11.6 Å². The fourth-order valence-corrected chi connectivity index (χ4v) is 4.26. The van der Waals surface area contributed by atoms with Crippen molar-refractivity contribution >= 4 is 23.0 Å². The van der Waals surface area contributed by atoms with Crippen LogP contribution in [0, 0.1) is 0 Å². The van der Waals surface area contributed by atoms with Gasteiger partial charge < -0.3 is 9.87 Å². The highest BCUT2D eigenvalue weighted by Crippen LogP contribution is 2.20. The molecule has 0 bridgehead atoms. The molecule has 1 fully saturated rings. The van der Waals surface area contributed by atoms with Gasteiger partial charge in [0, 0.05) is 5.56 Å². The summed E-state index contributed by atoms with van der Waals surface area (Å²) < 4.78 is 12.0. The maximum Gasteiger partial charge on any atom is 0.258 e. The quantitative estimate of drug-likeness (QED) is 0.853. The predicted molar refractivity (Wildman–Crippen MR) is 97.3 cm³/mol. The number of benzene rings is 2. The molecule has 0 saturated carbocycles. The minimum atomic E-state index is -1.21. The Morgan fingerprint density at radius 2 is 1.72 bits per heavy atom. The van der Waals surface area contributed by atoms with E-state index in [2.05, 4.69) is 5.32 Å². The summed E-state index contributed by atoms with van der Waals surface area (Å²) in [5, 5.41) is 2.93. The van der Waals surface area contributed by atoms with E-state index < -0.39 is 17.2 Å². The van der Waals surface area contributed by atoms with Crippen molar-refractivity contribution in [3.8, 4) is 0 Å². The van der Waals surface area contributed by atoms with Crippen molar-refractivity contribution in [1.82, 2.24) is 10.2 Å². The van der Waals surface area contributed by atoms with Crippen LogP contribution in [0.25, 0.3) is 0 Å². The Labute approximate surface area is 150 Å². The van der Waals surface area contributed by atoms with Crippen molar-refractivity contribution in [3.05, 3.63) is 71.8 Å². The molecule has 6 heteroatoms. The first-order valence-corrected chi connectivity index (χ1v) is 9.61. The summed E-state index contributed by atoms with van der Waals surface area (Å²) in [5.41, 5.74) is 1.48. The van der Waals surface area contributed by atoms with E-state index in [4.69, 9.17) is 0 Å². The van der Waals surface area contributed by atoms with E-state index in [9.17, 15) is 14.1 Å². The zero-order valence-electron chi connectivity index (χ0n) is 13.9. The molecule has 2 aromatic carbocycles. The van der Waals surface area contributed by atoms with E-state index in [-0.39, 0.29) is 29.5 Å². The number of nitrogens with one attached hydrogen (secondary N) is 1. The number of carbonyl (C=O) groups is 2. The van der Waals surface area contributed by atoms with Gasteiger partial charge in [-0.2, -0.15) is 0 Å². The van der Waals surface area contributed by atoms with Crippen LogP contribution in [0.4, 0.5) is 0 Å². The summed E-state index contributed by atoms with van der Waals surface area (Å²) in [7, 11) is 0. The first-order valence-electron chi connectivity index (χ1n) is 8.12. The van der Waals surface area contributed by atoms with Crippen molar-refractivity contribution in [2.45, 2.75) is 19.0 Å². The van der Waals surface area contributed by atoms with Crippen LogP contribution in [0.15, 0.2) is 60.7 Å². The highest BCUT2D eigenvalue weighted by molar-refractivity contribution is 7.91. The summed E-state index contributed by atoms with van der Waals surface area (Å²) >= 11 is -1.21. The first kappa shape index (κ1) is 17.5. The van der Waals surface area contributed by atoms with Crippen LogP contribution < -0.4 is 5.32 Å². The predicted octanol–water partition coefficient (Wildman–Crippen LogP) is 2.09. The Hall–Kier alpha value is -2.31. The topological polar surface area (TPSA) is 72.5 Å². The molecule has 25 heavy (non-hydrogen) atoms. The average molecular weight is 356 g/mol. The van der Waals surface area contributed by atoms with Gasteiger partial charge in [-0.15, -0.1) is 0 Å².